The van der Waals surface area contributed by atoms with Crippen LogP contribution in [0.15, 0.2) is 277 Å². The van der Waals surface area contributed by atoms with Crippen LogP contribution in [0.4, 0.5) is 17.1 Å². The van der Waals surface area contributed by atoms with Gasteiger partial charge in [-0.2, -0.15) is 0 Å². The molecule has 0 bridgehead atoms. The highest BCUT2D eigenvalue weighted by molar-refractivity contribution is 6.09. The summed E-state index contributed by atoms with van der Waals surface area (Å²) in [6.45, 7) is 0. The van der Waals surface area contributed by atoms with Crippen molar-refractivity contribution < 1.29 is 4.42 Å². The third-order valence-corrected chi connectivity index (χ3v) is 14.2. The lowest BCUT2D eigenvalue weighted by Gasteiger charge is -2.34. The highest BCUT2D eigenvalue weighted by Gasteiger charge is 2.46. The van der Waals surface area contributed by atoms with Crippen LogP contribution in [0.3, 0.4) is 0 Å². The van der Waals surface area contributed by atoms with E-state index in [0.717, 1.165) is 61.3 Å². The molecule has 1 atom stereocenters. The molecule has 69 heavy (non-hydrogen) atoms. The van der Waals surface area contributed by atoms with E-state index in [9.17, 15) is 0 Å². The molecule has 1 aromatic heterocycles. The molecule has 0 N–H and O–H groups in total. The molecule has 11 aromatic carbocycles. The van der Waals surface area contributed by atoms with Crippen LogP contribution in [0.25, 0.3) is 77.6 Å². The molecule has 1 heterocycles. The Bertz CT molecular complexity index is 3800. The molecule has 0 amide bonds. The zero-order valence-corrected chi connectivity index (χ0v) is 37.8. The Labute approximate surface area is 402 Å². The first-order valence-electron chi connectivity index (χ1n) is 23.7. The maximum Gasteiger partial charge on any atom is 0.143 e. The SMILES string of the molecule is c1ccc(-c2ccc(N(c3ccccc3)c3ccccc3-c3ccc(-c4ccc5c(c4)-c4ccccc4C5(c4ccccc4)c4ccc(-c5cccc6c5oc5ccccc56)cc4)cc3)cc2)cc1. The highest BCUT2D eigenvalue weighted by atomic mass is 16.3. The van der Waals surface area contributed by atoms with Crippen molar-refractivity contribution in [2.45, 2.75) is 5.41 Å². The first-order chi connectivity index (χ1) is 34.2. The van der Waals surface area contributed by atoms with E-state index in [-0.39, 0.29) is 0 Å². The Hall–Kier alpha value is -8.98. The first kappa shape index (κ1) is 40.3. The van der Waals surface area contributed by atoms with E-state index < -0.39 is 5.41 Å². The molecule has 0 saturated carbocycles. The van der Waals surface area contributed by atoms with Crippen LogP contribution in [0, 0.1) is 0 Å². The maximum absolute atomic E-state index is 6.49. The molecule has 2 heteroatoms. The second-order valence-electron chi connectivity index (χ2n) is 18.0. The number of fused-ring (bicyclic) bond motifs is 6. The first-order valence-corrected chi connectivity index (χ1v) is 23.7. The molecule has 1 aliphatic rings. The van der Waals surface area contributed by atoms with Gasteiger partial charge in [-0.15, -0.1) is 0 Å². The van der Waals surface area contributed by atoms with Gasteiger partial charge in [0.1, 0.15) is 11.2 Å². The monoisotopic (exact) mass is 879 g/mol. The van der Waals surface area contributed by atoms with Crippen LogP contribution >= 0.6 is 0 Å². The molecule has 12 aromatic rings. The van der Waals surface area contributed by atoms with E-state index >= 15 is 0 Å². The average molecular weight is 880 g/mol. The van der Waals surface area contributed by atoms with Gasteiger partial charge in [0, 0.05) is 33.3 Å². The normalized spacial score (nSPS) is 13.9. The Morgan fingerprint density at radius 1 is 0.290 bits per heavy atom. The molecule has 1 unspecified atom stereocenters. The van der Waals surface area contributed by atoms with Gasteiger partial charge in [0.2, 0.25) is 0 Å². The fourth-order valence-electron chi connectivity index (χ4n) is 11.0. The molecule has 1 aliphatic carbocycles. The van der Waals surface area contributed by atoms with Crippen LogP contribution in [-0.4, -0.2) is 0 Å². The number of anilines is 3. The number of benzene rings is 11. The summed E-state index contributed by atoms with van der Waals surface area (Å²) in [6, 6.07) is 99.1. The predicted octanol–water partition coefficient (Wildman–Crippen LogP) is 18.1. The van der Waals surface area contributed by atoms with Gasteiger partial charge in [0.05, 0.1) is 11.1 Å². The molecule has 0 saturated heterocycles. The van der Waals surface area contributed by atoms with Crippen molar-refractivity contribution >= 4 is 39.0 Å². The zero-order valence-electron chi connectivity index (χ0n) is 37.8. The number of hydrogen-bond acceptors (Lipinski definition) is 2. The predicted molar refractivity (Wildman–Crippen MR) is 287 cm³/mol. The number of hydrogen-bond donors (Lipinski definition) is 0. The van der Waals surface area contributed by atoms with Crippen LogP contribution in [0.5, 0.6) is 0 Å². The third-order valence-electron chi connectivity index (χ3n) is 14.2. The second-order valence-corrected chi connectivity index (χ2v) is 18.0. The fraction of sp³-hybridized carbons (Fsp3) is 0.0149. The molecule has 0 radical (unpaired) electrons. The van der Waals surface area contributed by atoms with Crippen LogP contribution in [0.1, 0.15) is 22.3 Å². The van der Waals surface area contributed by atoms with Crippen molar-refractivity contribution in [1.82, 2.24) is 0 Å². The van der Waals surface area contributed by atoms with Gasteiger partial charge < -0.3 is 9.32 Å². The van der Waals surface area contributed by atoms with Gasteiger partial charge in [-0.25, -0.2) is 0 Å². The van der Waals surface area contributed by atoms with Crippen molar-refractivity contribution in [3.63, 3.8) is 0 Å². The quantitative estimate of drug-likeness (QED) is 0.144. The van der Waals surface area contributed by atoms with Crippen LogP contribution in [0.2, 0.25) is 0 Å². The minimum Gasteiger partial charge on any atom is -0.455 e. The highest BCUT2D eigenvalue weighted by Crippen LogP contribution is 2.57. The lowest BCUT2D eigenvalue weighted by Crippen LogP contribution is -2.28. The summed E-state index contributed by atoms with van der Waals surface area (Å²) in [6.07, 6.45) is 0. The summed E-state index contributed by atoms with van der Waals surface area (Å²) in [4.78, 5) is 2.36. The van der Waals surface area contributed by atoms with Gasteiger partial charge in [-0.3, -0.25) is 0 Å². The summed E-state index contributed by atoms with van der Waals surface area (Å²) < 4.78 is 6.49. The fourth-order valence-corrected chi connectivity index (χ4v) is 11.0. The van der Waals surface area contributed by atoms with E-state index in [1.54, 1.807) is 0 Å². The van der Waals surface area contributed by atoms with E-state index in [1.165, 1.54) is 55.6 Å². The van der Waals surface area contributed by atoms with Gasteiger partial charge in [0.15, 0.2) is 0 Å². The third kappa shape index (κ3) is 6.72. The van der Waals surface area contributed by atoms with Crippen molar-refractivity contribution in [1.29, 1.82) is 0 Å². The standard InChI is InChI=1S/C67H45NO/c1-4-17-46(18-5-1)47-37-42-55(43-38-47)68(54-21-8-3-9-22-54)64-29-14-11-23-56(64)49-33-31-48(32-34-49)51-39-44-63-61(45-51)58-24-10-13-28-62(58)67(63,52-19-6-2-7-20-52)53-40-35-50(36-41-53)57-26-16-27-60-59-25-12-15-30-65(59)69-66(57)60/h1-45H. The van der Waals surface area contributed by atoms with Gasteiger partial charge >= 0.3 is 0 Å². The lowest BCUT2D eigenvalue weighted by molar-refractivity contribution is 0.670. The molecule has 0 aliphatic heterocycles. The summed E-state index contributed by atoms with van der Waals surface area (Å²) in [7, 11) is 0. The van der Waals surface area contributed by atoms with Crippen LogP contribution < -0.4 is 4.90 Å². The number of nitrogens with zero attached hydrogens (tertiary/aromatic N) is 1. The number of furan rings is 1. The number of rotatable bonds is 9. The summed E-state index contributed by atoms with van der Waals surface area (Å²) in [5.41, 5.74) is 21.5. The lowest BCUT2D eigenvalue weighted by atomic mass is 9.67. The van der Waals surface area contributed by atoms with Crippen molar-refractivity contribution in [2.24, 2.45) is 0 Å². The minimum atomic E-state index is -0.518. The summed E-state index contributed by atoms with van der Waals surface area (Å²) in [5.74, 6) is 0. The second kappa shape index (κ2) is 16.7. The van der Waals surface area contributed by atoms with Crippen molar-refractivity contribution in [3.05, 3.63) is 295 Å². The Balaban J connectivity index is 0.879. The molecular weight excluding hydrogens is 835 g/mol. The van der Waals surface area contributed by atoms with Gasteiger partial charge in [0.25, 0.3) is 0 Å². The van der Waals surface area contributed by atoms with E-state index in [0.29, 0.717) is 0 Å². The minimum absolute atomic E-state index is 0.518. The smallest absolute Gasteiger partial charge is 0.143 e. The summed E-state index contributed by atoms with van der Waals surface area (Å²) in [5, 5.41) is 2.28. The maximum atomic E-state index is 6.49. The average Bonchev–Trinajstić information content (AvgIpc) is 3.96. The van der Waals surface area contributed by atoms with Gasteiger partial charge in [-0.1, -0.05) is 231 Å². The molecule has 13 rings (SSSR count). The Morgan fingerprint density at radius 3 is 1.57 bits per heavy atom. The van der Waals surface area contributed by atoms with Crippen LogP contribution in [-0.2, 0) is 5.41 Å². The molecular formula is C67H45NO. The number of para-hydroxylation sites is 4. The Morgan fingerprint density at radius 2 is 0.783 bits per heavy atom. The topological polar surface area (TPSA) is 16.4 Å². The Kier molecular flexibility index (Phi) is 9.77. The van der Waals surface area contributed by atoms with Crippen molar-refractivity contribution in [3.8, 4) is 55.6 Å². The van der Waals surface area contributed by atoms with E-state index in [1.807, 2.05) is 6.07 Å². The molecule has 2 nitrogen and oxygen atoms in total. The largest absolute Gasteiger partial charge is 0.455 e. The van der Waals surface area contributed by atoms with E-state index in [4.69, 9.17) is 4.42 Å². The molecule has 0 spiro atoms. The van der Waals surface area contributed by atoms with Gasteiger partial charge in [-0.05, 0) is 109 Å². The summed E-state index contributed by atoms with van der Waals surface area (Å²) >= 11 is 0. The van der Waals surface area contributed by atoms with E-state index in [2.05, 4.69) is 272 Å². The molecule has 0 fully saturated rings. The zero-order chi connectivity index (χ0) is 45.7. The molecule has 324 valence electrons. The van der Waals surface area contributed by atoms with Crippen molar-refractivity contribution in [2.75, 3.05) is 4.90 Å².